The summed E-state index contributed by atoms with van der Waals surface area (Å²) in [6.45, 7) is 3.77. The molecule has 0 N–H and O–H groups in total. The number of hydrogen-bond acceptors (Lipinski definition) is 3. The Kier molecular flexibility index (Phi) is 3.58. The molecule has 0 saturated carbocycles. The van der Waals surface area contributed by atoms with E-state index in [0.717, 1.165) is 13.1 Å². The zero-order valence-electron chi connectivity index (χ0n) is 10.3. The summed E-state index contributed by atoms with van der Waals surface area (Å²) in [5, 5.41) is 0. The molecule has 1 fully saturated rings. The Balaban J connectivity index is 2.11. The maximum absolute atomic E-state index is 12.3. The maximum atomic E-state index is 12.3. The summed E-state index contributed by atoms with van der Waals surface area (Å²) in [6, 6.07) is 2.14. The van der Waals surface area contributed by atoms with Crippen LogP contribution in [0, 0.1) is 5.92 Å². The zero-order chi connectivity index (χ0) is 12.6. The summed E-state index contributed by atoms with van der Waals surface area (Å²) in [7, 11) is 4.12. The van der Waals surface area contributed by atoms with Crippen molar-refractivity contribution in [3.05, 3.63) is 22.6 Å². The monoisotopic (exact) mass is 300 g/mol. The number of likely N-dealkylation sites (N-methyl/N-ethyl adjacent to an activating group) is 1. The summed E-state index contributed by atoms with van der Waals surface area (Å²) in [5.74, 6) is 0.543. The molecule has 2 rings (SSSR count). The highest BCUT2D eigenvalue weighted by Crippen LogP contribution is 2.25. The minimum atomic E-state index is 0.0434. The summed E-state index contributed by atoms with van der Waals surface area (Å²) in [5.41, 5.74) is 0.608. The van der Waals surface area contributed by atoms with Crippen LogP contribution in [-0.2, 0) is 0 Å². The van der Waals surface area contributed by atoms with Gasteiger partial charge in [0.15, 0.2) is 4.67 Å². The molecule has 1 aliphatic rings. The third-order valence-electron chi connectivity index (χ3n) is 3.37. The molecule has 1 aromatic heterocycles. The summed E-state index contributed by atoms with van der Waals surface area (Å²) < 4.78 is 5.62. The van der Waals surface area contributed by atoms with Crippen molar-refractivity contribution < 1.29 is 9.21 Å². The van der Waals surface area contributed by atoms with E-state index in [1.54, 1.807) is 6.07 Å². The fourth-order valence-corrected chi connectivity index (χ4v) is 2.81. The fraction of sp³-hybridized carbons (Fsp3) is 0.583. The minimum absolute atomic E-state index is 0.0434. The molecule has 1 amide bonds. The second kappa shape index (κ2) is 4.82. The third-order valence-corrected chi connectivity index (χ3v) is 3.99. The van der Waals surface area contributed by atoms with Gasteiger partial charge in [-0.05, 0) is 42.0 Å². The Morgan fingerprint density at radius 2 is 2.24 bits per heavy atom. The first-order valence-electron chi connectivity index (χ1n) is 5.69. The van der Waals surface area contributed by atoms with Crippen LogP contribution in [0.15, 0.2) is 21.4 Å². The Bertz CT molecular complexity index is 416. The fourth-order valence-electron chi connectivity index (χ4n) is 2.40. The highest BCUT2D eigenvalue weighted by molar-refractivity contribution is 9.10. The van der Waals surface area contributed by atoms with Crippen molar-refractivity contribution in [3.63, 3.8) is 0 Å². The number of rotatable bonds is 2. The zero-order valence-corrected chi connectivity index (χ0v) is 11.9. The minimum Gasteiger partial charge on any atom is -0.457 e. The topological polar surface area (TPSA) is 36.7 Å². The number of hydrogen-bond donors (Lipinski definition) is 0. The second-order valence-electron chi connectivity index (χ2n) is 4.83. The smallest absolute Gasteiger partial charge is 0.258 e. The number of halogens is 1. The lowest BCUT2D eigenvalue weighted by Crippen LogP contribution is -2.35. The SMILES string of the molecule is CC1CN(C(=O)c2ccoc2Br)CC1N(C)C. The molecular formula is C12H17BrN2O2. The largest absolute Gasteiger partial charge is 0.457 e. The lowest BCUT2D eigenvalue weighted by molar-refractivity contribution is 0.0779. The van der Waals surface area contributed by atoms with Crippen LogP contribution in [-0.4, -0.2) is 48.9 Å². The predicted octanol–water partition coefficient (Wildman–Crippen LogP) is 2.06. The first kappa shape index (κ1) is 12.6. The molecule has 0 bridgehead atoms. The normalized spacial score (nSPS) is 24.6. The van der Waals surface area contributed by atoms with Crippen LogP contribution in [0.5, 0.6) is 0 Å². The van der Waals surface area contributed by atoms with Crippen molar-refractivity contribution in [1.82, 2.24) is 9.80 Å². The van der Waals surface area contributed by atoms with E-state index in [0.29, 0.717) is 22.2 Å². The van der Waals surface area contributed by atoms with Gasteiger partial charge in [-0.15, -0.1) is 0 Å². The third kappa shape index (κ3) is 2.40. The number of amides is 1. The van der Waals surface area contributed by atoms with E-state index in [9.17, 15) is 4.79 Å². The van der Waals surface area contributed by atoms with E-state index < -0.39 is 0 Å². The Labute approximate surface area is 110 Å². The van der Waals surface area contributed by atoms with Gasteiger partial charge in [-0.1, -0.05) is 6.92 Å². The van der Waals surface area contributed by atoms with E-state index in [1.807, 2.05) is 4.90 Å². The van der Waals surface area contributed by atoms with Gasteiger partial charge in [0.2, 0.25) is 0 Å². The standard InChI is InChI=1S/C12H17BrN2O2/c1-8-6-15(7-10(8)14(2)3)12(16)9-4-5-17-11(9)13/h4-5,8,10H,6-7H2,1-3H3. The van der Waals surface area contributed by atoms with E-state index in [4.69, 9.17) is 4.42 Å². The number of likely N-dealkylation sites (tertiary alicyclic amines) is 1. The second-order valence-corrected chi connectivity index (χ2v) is 5.55. The number of furan rings is 1. The van der Waals surface area contributed by atoms with Gasteiger partial charge in [0, 0.05) is 19.1 Å². The van der Waals surface area contributed by atoms with Crippen LogP contribution in [0.2, 0.25) is 0 Å². The molecule has 0 spiro atoms. The Hall–Kier alpha value is -0.810. The average Bonchev–Trinajstić information content (AvgIpc) is 2.83. The molecule has 0 radical (unpaired) electrons. The first-order valence-corrected chi connectivity index (χ1v) is 6.48. The van der Waals surface area contributed by atoms with Gasteiger partial charge < -0.3 is 14.2 Å². The Morgan fingerprint density at radius 1 is 1.53 bits per heavy atom. The summed E-state index contributed by atoms with van der Waals surface area (Å²) >= 11 is 3.25. The summed E-state index contributed by atoms with van der Waals surface area (Å²) in [6.07, 6.45) is 1.53. The molecule has 1 saturated heterocycles. The quantitative estimate of drug-likeness (QED) is 0.839. The summed E-state index contributed by atoms with van der Waals surface area (Å²) in [4.78, 5) is 16.3. The molecule has 0 aromatic carbocycles. The van der Waals surface area contributed by atoms with Crippen LogP contribution < -0.4 is 0 Å². The van der Waals surface area contributed by atoms with Crippen LogP contribution in [0.25, 0.3) is 0 Å². The van der Waals surface area contributed by atoms with Gasteiger partial charge >= 0.3 is 0 Å². The van der Waals surface area contributed by atoms with E-state index in [1.165, 1.54) is 6.26 Å². The van der Waals surface area contributed by atoms with Crippen molar-refractivity contribution in [3.8, 4) is 0 Å². The highest BCUT2D eigenvalue weighted by atomic mass is 79.9. The Morgan fingerprint density at radius 3 is 2.71 bits per heavy atom. The van der Waals surface area contributed by atoms with E-state index in [-0.39, 0.29) is 5.91 Å². The maximum Gasteiger partial charge on any atom is 0.258 e. The van der Waals surface area contributed by atoms with E-state index >= 15 is 0 Å². The molecule has 1 aromatic rings. The molecular weight excluding hydrogens is 284 g/mol. The lowest BCUT2D eigenvalue weighted by Gasteiger charge is -2.22. The van der Waals surface area contributed by atoms with Crippen LogP contribution in [0.3, 0.4) is 0 Å². The van der Waals surface area contributed by atoms with Crippen molar-refractivity contribution in [2.24, 2.45) is 5.92 Å². The molecule has 2 heterocycles. The van der Waals surface area contributed by atoms with Gasteiger partial charge in [-0.25, -0.2) is 0 Å². The first-order chi connectivity index (χ1) is 8.00. The molecule has 4 nitrogen and oxygen atoms in total. The number of carbonyl (C=O) groups is 1. The van der Waals surface area contributed by atoms with Crippen LogP contribution in [0.1, 0.15) is 17.3 Å². The van der Waals surface area contributed by atoms with Gasteiger partial charge in [-0.2, -0.15) is 0 Å². The average molecular weight is 301 g/mol. The van der Waals surface area contributed by atoms with Crippen molar-refractivity contribution >= 4 is 21.8 Å². The van der Waals surface area contributed by atoms with Crippen molar-refractivity contribution in [1.29, 1.82) is 0 Å². The predicted molar refractivity (Wildman–Crippen MR) is 69.0 cm³/mol. The number of nitrogens with zero attached hydrogens (tertiary/aromatic N) is 2. The van der Waals surface area contributed by atoms with Gasteiger partial charge in [0.1, 0.15) is 0 Å². The highest BCUT2D eigenvalue weighted by Gasteiger charge is 2.34. The van der Waals surface area contributed by atoms with Crippen LogP contribution in [0.4, 0.5) is 0 Å². The van der Waals surface area contributed by atoms with Gasteiger partial charge in [0.25, 0.3) is 5.91 Å². The molecule has 5 heteroatoms. The lowest BCUT2D eigenvalue weighted by atomic mass is 10.1. The molecule has 94 valence electrons. The van der Waals surface area contributed by atoms with Crippen molar-refractivity contribution in [2.75, 3.05) is 27.2 Å². The molecule has 17 heavy (non-hydrogen) atoms. The van der Waals surface area contributed by atoms with Gasteiger partial charge in [-0.3, -0.25) is 4.79 Å². The molecule has 0 aliphatic carbocycles. The van der Waals surface area contributed by atoms with Gasteiger partial charge in [0.05, 0.1) is 11.8 Å². The number of carbonyl (C=O) groups excluding carboxylic acids is 1. The van der Waals surface area contributed by atoms with E-state index in [2.05, 4.69) is 41.8 Å². The molecule has 1 aliphatic heterocycles. The van der Waals surface area contributed by atoms with Crippen LogP contribution >= 0.6 is 15.9 Å². The van der Waals surface area contributed by atoms with Crippen molar-refractivity contribution in [2.45, 2.75) is 13.0 Å². The molecule has 2 unspecified atom stereocenters. The molecule has 2 atom stereocenters.